The van der Waals surface area contributed by atoms with Crippen molar-refractivity contribution < 1.29 is 4.79 Å². The van der Waals surface area contributed by atoms with Crippen molar-refractivity contribution in [3.63, 3.8) is 0 Å². The van der Waals surface area contributed by atoms with E-state index in [-0.39, 0.29) is 0 Å². The fourth-order valence-corrected chi connectivity index (χ4v) is 4.03. The van der Waals surface area contributed by atoms with Gasteiger partial charge in [0, 0.05) is 18.6 Å². The minimum atomic E-state index is 0.374. The zero-order valence-corrected chi connectivity index (χ0v) is 11.8. The summed E-state index contributed by atoms with van der Waals surface area (Å²) in [5.41, 5.74) is 4.75. The minimum Gasteiger partial charge on any atom is -0.299 e. The Morgan fingerprint density at radius 1 is 1.22 bits per heavy atom. The first-order chi connectivity index (χ1) is 8.50. The molecular weight excluding hydrogens is 222 g/mol. The van der Waals surface area contributed by atoms with E-state index in [1.54, 1.807) is 5.57 Å². The number of rotatable bonds is 1. The summed E-state index contributed by atoms with van der Waals surface area (Å²) in [7, 11) is 0. The lowest BCUT2D eigenvalue weighted by Crippen LogP contribution is -2.19. The summed E-state index contributed by atoms with van der Waals surface area (Å²) in [6.45, 7) is 6.97. The highest BCUT2D eigenvalue weighted by molar-refractivity contribution is 6.04. The molecule has 18 heavy (non-hydrogen) atoms. The van der Waals surface area contributed by atoms with Crippen molar-refractivity contribution >= 4 is 11.5 Å². The van der Waals surface area contributed by atoms with Crippen molar-refractivity contribution in [2.75, 3.05) is 0 Å². The lowest BCUT2D eigenvalue weighted by Gasteiger charge is -2.20. The van der Waals surface area contributed by atoms with Crippen molar-refractivity contribution in [1.29, 1.82) is 0 Å². The second-order valence-corrected chi connectivity index (χ2v) is 6.73. The number of ketones is 1. The van der Waals surface area contributed by atoms with Gasteiger partial charge in [0.15, 0.2) is 0 Å². The van der Waals surface area contributed by atoms with Gasteiger partial charge in [-0.05, 0) is 49.5 Å². The van der Waals surface area contributed by atoms with Crippen LogP contribution in [0.5, 0.6) is 0 Å². The van der Waals surface area contributed by atoms with Gasteiger partial charge < -0.3 is 0 Å². The van der Waals surface area contributed by atoms with E-state index in [0.717, 1.165) is 30.9 Å². The molecule has 0 bridgehead atoms. The molecule has 0 spiro atoms. The largest absolute Gasteiger partial charge is 0.299 e. The number of hydrogen-bond acceptors (Lipinski definition) is 2. The third kappa shape index (κ3) is 1.86. The number of fused-ring (bicyclic) bond motifs is 1. The lowest BCUT2D eigenvalue weighted by atomic mass is 9.93. The molecule has 2 fully saturated rings. The average molecular weight is 245 g/mol. The van der Waals surface area contributed by atoms with Crippen LogP contribution in [0.3, 0.4) is 0 Å². The molecule has 0 aromatic heterocycles. The van der Waals surface area contributed by atoms with E-state index in [1.165, 1.54) is 18.4 Å². The summed E-state index contributed by atoms with van der Waals surface area (Å²) in [6.07, 6.45) is 5.90. The van der Waals surface area contributed by atoms with Crippen molar-refractivity contribution in [2.45, 2.75) is 65.3 Å². The Bertz CT molecular complexity index is 456. The Morgan fingerprint density at radius 3 is 2.72 bits per heavy atom. The number of Topliss-reactive ketones (excluding diaryl/α,β-unsaturated/α-hetero) is 1. The number of nitrogens with zero attached hydrogens (tertiary/aromatic N) is 1. The van der Waals surface area contributed by atoms with Gasteiger partial charge >= 0.3 is 0 Å². The van der Waals surface area contributed by atoms with E-state index >= 15 is 0 Å². The van der Waals surface area contributed by atoms with Crippen molar-refractivity contribution in [3.8, 4) is 0 Å². The Hall–Kier alpha value is -0.920. The predicted molar refractivity (Wildman–Crippen MR) is 73.9 cm³/mol. The summed E-state index contributed by atoms with van der Waals surface area (Å²) >= 11 is 0. The van der Waals surface area contributed by atoms with Gasteiger partial charge in [-0.3, -0.25) is 9.79 Å². The summed E-state index contributed by atoms with van der Waals surface area (Å²) < 4.78 is 0. The third-order valence-corrected chi connectivity index (χ3v) is 5.14. The predicted octanol–water partition coefficient (Wildman–Crippen LogP) is 3.71. The molecule has 2 atom stereocenters. The van der Waals surface area contributed by atoms with Crippen LogP contribution in [-0.4, -0.2) is 17.5 Å². The molecule has 0 saturated heterocycles. The second-order valence-electron chi connectivity index (χ2n) is 6.73. The fourth-order valence-electron chi connectivity index (χ4n) is 4.03. The molecule has 2 heteroatoms. The van der Waals surface area contributed by atoms with E-state index in [4.69, 9.17) is 4.99 Å². The zero-order chi connectivity index (χ0) is 12.9. The molecule has 0 unspecified atom stereocenters. The molecule has 0 aromatic carbocycles. The van der Waals surface area contributed by atoms with Crippen LogP contribution in [0.4, 0.5) is 0 Å². The highest BCUT2D eigenvalue weighted by Crippen LogP contribution is 2.64. The maximum absolute atomic E-state index is 11.5. The highest BCUT2D eigenvalue weighted by atomic mass is 16.1. The maximum atomic E-state index is 11.5. The Labute approximate surface area is 110 Å². The van der Waals surface area contributed by atoms with Gasteiger partial charge in [-0.25, -0.2) is 0 Å². The van der Waals surface area contributed by atoms with Gasteiger partial charge in [-0.1, -0.05) is 19.4 Å². The first-order valence-electron chi connectivity index (χ1n) is 7.28. The van der Waals surface area contributed by atoms with E-state index in [9.17, 15) is 4.79 Å². The summed E-state index contributed by atoms with van der Waals surface area (Å²) in [6, 6.07) is 0.374. The molecule has 3 aliphatic rings. The minimum absolute atomic E-state index is 0.374. The van der Waals surface area contributed by atoms with Gasteiger partial charge in [0.05, 0.1) is 6.04 Å². The van der Waals surface area contributed by atoms with Gasteiger partial charge in [-0.2, -0.15) is 0 Å². The van der Waals surface area contributed by atoms with Crippen molar-refractivity contribution in [1.82, 2.24) is 0 Å². The molecule has 98 valence electrons. The van der Waals surface area contributed by atoms with E-state index in [1.807, 2.05) is 0 Å². The zero-order valence-electron chi connectivity index (χ0n) is 11.8. The van der Waals surface area contributed by atoms with Gasteiger partial charge in [0.2, 0.25) is 0 Å². The lowest BCUT2D eigenvalue weighted by molar-refractivity contribution is -0.118. The van der Waals surface area contributed by atoms with E-state index in [2.05, 4.69) is 20.8 Å². The van der Waals surface area contributed by atoms with Crippen LogP contribution in [0.2, 0.25) is 0 Å². The third-order valence-electron chi connectivity index (χ3n) is 5.14. The maximum Gasteiger partial charge on any atom is 0.138 e. The quantitative estimate of drug-likeness (QED) is 0.648. The standard InChI is InChI=1S/C16H23NO/c1-10-14(8-7-13-15(10)16(13,2)3)17-11-5-4-6-12(18)9-11/h13-14H,4-9H2,1-3H3/t13-,14-/m0/s1. The topological polar surface area (TPSA) is 29.4 Å². The van der Waals surface area contributed by atoms with Crippen LogP contribution >= 0.6 is 0 Å². The van der Waals surface area contributed by atoms with Crippen LogP contribution < -0.4 is 0 Å². The average Bonchev–Trinajstić information content (AvgIpc) is 2.86. The molecular formula is C16H23NO. The Kier molecular flexibility index (Phi) is 2.72. The molecule has 2 nitrogen and oxygen atoms in total. The van der Waals surface area contributed by atoms with Crippen LogP contribution in [0.25, 0.3) is 0 Å². The molecule has 2 saturated carbocycles. The smallest absolute Gasteiger partial charge is 0.138 e. The van der Waals surface area contributed by atoms with Crippen molar-refractivity contribution in [3.05, 3.63) is 11.1 Å². The number of allylic oxidation sites excluding steroid dienone is 1. The molecule has 0 N–H and O–H groups in total. The molecule has 3 rings (SSSR count). The highest BCUT2D eigenvalue weighted by Gasteiger charge is 2.55. The second kappa shape index (κ2) is 4.04. The number of hydrogen-bond donors (Lipinski definition) is 0. The first kappa shape index (κ1) is 12.1. The normalized spacial score (nSPS) is 36.8. The van der Waals surface area contributed by atoms with Gasteiger partial charge in [-0.15, -0.1) is 0 Å². The summed E-state index contributed by atoms with van der Waals surface area (Å²) in [5, 5.41) is 0. The molecule has 3 aliphatic carbocycles. The Morgan fingerprint density at radius 2 is 2.00 bits per heavy atom. The summed E-state index contributed by atoms with van der Waals surface area (Å²) in [4.78, 5) is 16.4. The SMILES string of the molecule is CC1=C2[C@H](CC[C@@H]1N=C1CCCC(=O)C1)C2(C)C. The van der Waals surface area contributed by atoms with Gasteiger partial charge in [0.25, 0.3) is 0 Å². The number of aliphatic imine (C=N–C) groups is 1. The van der Waals surface area contributed by atoms with Crippen LogP contribution in [-0.2, 0) is 4.79 Å². The van der Waals surface area contributed by atoms with Crippen LogP contribution in [0, 0.1) is 11.3 Å². The molecule has 0 aromatic rings. The fraction of sp³-hybridized carbons (Fsp3) is 0.750. The van der Waals surface area contributed by atoms with E-state index in [0.29, 0.717) is 23.7 Å². The molecule has 0 amide bonds. The molecule has 0 radical (unpaired) electrons. The first-order valence-corrected chi connectivity index (χ1v) is 7.28. The monoisotopic (exact) mass is 245 g/mol. The number of carbonyl (C=O) groups is 1. The molecule has 0 heterocycles. The summed E-state index contributed by atoms with van der Waals surface area (Å²) in [5.74, 6) is 1.20. The van der Waals surface area contributed by atoms with E-state index < -0.39 is 0 Å². The van der Waals surface area contributed by atoms with Crippen molar-refractivity contribution in [2.24, 2.45) is 16.3 Å². The Balaban J connectivity index is 1.80. The van der Waals surface area contributed by atoms with Crippen LogP contribution in [0.15, 0.2) is 16.1 Å². The van der Waals surface area contributed by atoms with Crippen LogP contribution in [0.1, 0.15) is 59.3 Å². The number of carbonyl (C=O) groups excluding carboxylic acids is 1. The molecule has 0 aliphatic heterocycles. The van der Waals surface area contributed by atoms with Gasteiger partial charge in [0.1, 0.15) is 5.78 Å².